The molecule has 0 fully saturated rings. The third kappa shape index (κ3) is 5.08. The van der Waals surface area contributed by atoms with E-state index in [4.69, 9.17) is 33.5 Å². The van der Waals surface area contributed by atoms with Gasteiger partial charge in [0.1, 0.15) is 6.17 Å². The van der Waals surface area contributed by atoms with E-state index in [9.17, 15) is 4.79 Å². The molecule has 2 aromatic carbocycles. The van der Waals surface area contributed by atoms with E-state index in [0.717, 1.165) is 11.3 Å². The molecule has 0 radical (unpaired) electrons. The molecule has 3 N–H and O–H groups in total. The number of Topliss-reactive ketones (excluding diaryl/α,β-unsaturated/α-hetero) is 1. The summed E-state index contributed by atoms with van der Waals surface area (Å²) in [6, 6.07) is 15.4. The zero-order valence-corrected chi connectivity index (χ0v) is 21.5. The number of aromatic nitrogens is 1. The minimum absolute atomic E-state index is 0.238. The number of hydrogen-bond acceptors (Lipinski definition) is 7. The Balaban J connectivity index is 1.59. The summed E-state index contributed by atoms with van der Waals surface area (Å²) in [5.74, 6) is -0.266. The molecule has 9 nitrogen and oxygen atoms in total. The maximum Gasteiger partial charge on any atom is 0.204 e. The van der Waals surface area contributed by atoms with Crippen LogP contribution in [0.3, 0.4) is 0 Å². The molecular weight excluding hydrogens is 513 g/mol. The Kier molecular flexibility index (Phi) is 6.70. The number of rotatable bonds is 6. The van der Waals surface area contributed by atoms with Crippen LogP contribution in [0.5, 0.6) is 0 Å². The van der Waals surface area contributed by atoms with Crippen LogP contribution in [-0.2, 0) is 4.74 Å². The number of ketones is 1. The summed E-state index contributed by atoms with van der Waals surface area (Å²) in [6.45, 7) is 3.96. The Bertz CT molecular complexity index is 1420. The summed E-state index contributed by atoms with van der Waals surface area (Å²) in [6.07, 6.45) is 2.12. The first-order valence-corrected chi connectivity index (χ1v) is 12.3. The van der Waals surface area contributed by atoms with Gasteiger partial charge in [-0.2, -0.15) is 0 Å². The van der Waals surface area contributed by atoms with E-state index < -0.39 is 23.9 Å². The van der Waals surface area contributed by atoms with Crippen molar-refractivity contribution in [2.45, 2.75) is 37.7 Å². The molecule has 0 bridgehead atoms. The molecule has 3 aromatic rings. The van der Waals surface area contributed by atoms with Gasteiger partial charge in [0.25, 0.3) is 0 Å². The van der Waals surface area contributed by atoms with Crippen LogP contribution in [0.2, 0.25) is 10.0 Å². The van der Waals surface area contributed by atoms with E-state index in [1.165, 1.54) is 0 Å². The van der Waals surface area contributed by atoms with Crippen LogP contribution in [0, 0.1) is 0 Å². The van der Waals surface area contributed by atoms with Crippen molar-refractivity contribution in [3.05, 3.63) is 110 Å². The monoisotopic (exact) mass is 535 g/mol. The predicted molar refractivity (Wildman–Crippen MR) is 143 cm³/mol. The van der Waals surface area contributed by atoms with Crippen molar-refractivity contribution in [3.63, 3.8) is 0 Å². The van der Waals surface area contributed by atoms with Gasteiger partial charge < -0.3 is 15.4 Å². The van der Waals surface area contributed by atoms with Crippen LogP contribution in [0.4, 0.5) is 11.4 Å². The van der Waals surface area contributed by atoms with E-state index in [-0.39, 0.29) is 5.78 Å². The summed E-state index contributed by atoms with van der Waals surface area (Å²) in [5, 5.41) is 14.9. The number of nitrogens with zero attached hydrogens (tertiary/aromatic N) is 4. The number of anilines is 1. The topological polar surface area (TPSA) is 124 Å². The van der Waals surface area contributed by atoms with Crippen molar-refractivity contribution >= 4 is 40.4 Å². The highest BCUT2D eigenvalue weighted by atomic mass is 35.5. The zero-order chi connectivity index (χ0) is 26.2. The highest BCUT2D eigenvalue weighted by Crippen LogP contribution is 2.46. The van der Waals surface area contributed by atoms with Gasteiger partial charge in [0.2, 0.25) is 5.78 Å². The summed E-state index contributed by atoms with van der Waals surface area (Å²) < 4.78 is 6.36. The van der Waals surface area contributed by atoms with Crippen molar-refractivity contribution < 1.29 is 9.53 Å². The number of pyridine rings is 1. The highest BCUT2D eigenvalue weighted by molar-refractivity contribution is 6.35. The summed E-state index contributed by atoms with van der Waals surface area (Å²) in [7, 11) is 0. The quantitative estimate of drug-likeness (QED) is 0.148. The number of nitrogens with one attached hydrogen (secondary N) is 3. The summed E-state index contributed by atoms with van der Waals surface area (Å²) >= 11 is 12.9. The first-order chi connectivity index (χ1) is 17.8. The van der Waals surface area contributed by atoms with E-state index in [1.54, 1.807) is 48.8 Å². The standard InChI is InChI=1S/C26H23Cl2N7O2/c1-26(2)32-24(31-17-4-3-11-30-13-17)21-20(18-10-7-15(27)12-19(18)28)23(37-25(21)33-26)22(36)14-5-8-16(9-6-14)34-35-29/h3-13,20,23-24,31-33H,1-2H3. The van der Waals surface area contributed by atoms with Crippen molar-refractivity contribution in [1.29, 1.82) is 0 Å². The molecule has 3 unspecified atom stereocenters. The SMILES string of the molecule is CC1(C)NC2=C(C(Nc3cccnc3)N1)C(c1ccc(Cl)cc1Cl)C(C(=O)c1ccc(N=[N+]=[N-])cc1)O2. The number of benzene rings is 2. The van der Waals surface area contributed by atoms with Gasteiger partial charge in [-0.3, -0.25) is 15.1 Å². The maximum absolute atomic E-state index is 13.8. The Hall–Kier alpha value is -3.75. The van der Waals surface area contributed by atoms with Crippen molar-refractivity contribution in [2.75, 3.05) is 5.32 Å². The number of carbonyl (C=O) groups is 1. The first-order valence-electron chi connectivity index (χ1n) is 11.5. The number of hydrogen-bond donors (Lipinski definition) is 3. The van der Waals surface area contributed by atoms with E-state index in [1.807, 2.05) is 32.0 Å². The first kappa shape index (κ1) is 24.9. The number of carbonyl (C=O) groups excluding carboxylic acids is 1. The van der Waals surface area contributed by atoms with E-state index in [0.29, 0.717) is 32.7 Å². The third-order valence-electron chi connectivity index (χ3n) is 6.23. The largest absolute Gasteiger partial charge is 0.466 e. The smallest absolute Gasteiger partial charge is 0.204 e. The predicted octanol–water partition coefficient (Wildman–Crippen LogP) is 6.27. The molecule has 0 spiro atoms. The van der Waals surface area contributed by atoms with E-state index >= 15 is 0 Å². The van der Waals surface area contributed by atoms with Gasteiger partial charge in [-0.25, -0.2) is 0 Å². The second-order valence-electron chi connectivity index (χ2n) is 9.28. The fourth-order valence-electron chi connectivity index (χ4n) is 4.66. The molecule has 0 saturated heterocycles. The van der Waals surface area contributed by atoms with E-state index in [2.05, 4.69) is 31.0 Å². The van der Waals surface area contributed by atoms with Crippen LogP contribution in [0.25, 0.3) is 10.4 Å². The molecule has 5 rings (SSSR count). The lowest BCUT2D eigenvalue weighted by Gasteiger charge is -2.40. The fourth-order valence-corrected chi connectivity index (χ4v) is 5.19. The average Bonchev–Trinajstić information content (AvgIpc) is 3.23. The lowest BCUT2D eigenvalue weighted by Crippen LogP contribution is -2.62. The zero-order valence-electron chi connectivity index (χ0n) is 19.9. The molecule has 0 aliphatic carbocycles. The van der Waals surface area contributed by atoms with Crippen LogP contribution in [-0.4, -0.2) is 28.7 Å². The molecule has 2 aliphatic rings. The summed E-state index contributed by atoms with van der Waals surface area (Å²) in [5.41, 5.74) is 11.3. The van der Waals surface area contributed by atoms with Crippen LogP contribution in [0.1, 0.15) is 35.7 Å². The van der Waals surface area contributed by atoms with Crippen LogP contribution >= 0.6 is 23.2 Å². The molecule has 0 amide bonds. The molecule has 3 atom stereocenters. The maximum atomic E-state index is 13.8. The van der Waals surface area contributed by atoms with Gasteiger partial charge in [-0.05, 0) is 49.2 Å². The molecule has 0 saturated carbocycles. The second-order valence-corrected chi connectivity index (χ2v) is 10.1. The number of ether oxygens (including phenoxy) is 1. The van der Waals surface area contributed by atoms with Gasteiger partial charge in [0.15, 0.2) is 12.0 Å². The molecular formula is C26H23Cl2N7O2. The van der Waals surface area contributed by atoms with Crippen molar-refractivity contribution in [1.82, 2.24) is 15.6 Å². The lowest BCUT2D eigenvalue weighted by atomic mass is 9.82. The fraction of sp³-hybridized carbons (Fsp3) is 0.231. The molecule has 2 aliphatic heterocycles. The van der Waals surface area contributed by atoms with Crippen molar-refractivity contribution in [2.24, 2.45) is 5.11 Å². The van der Waals surface area contributed by atoms with Gasteiger partial charge in [0.05, 0.1) is 17.3 Å². The van der Waals surface area contributed by atoms with Gasteiger partial charge >= 0.3 is 0 Å². The van der Waals surface area contributed by atoms with Gasteiger partial charge in [-0.15, -0.1) is 0 Å². The molecule has 188 valence electrons. The minimum Gasteiger partial charge on any atom is -0.466 e. The Labute approximate surface area is 223 Å². The average molecular weight is 536 g/mol. The Morgan fingerprint density at radius 1 is 1.19 bits per heavy atom. The Morgan fingerprint density at radius 3 is 2.65 bits per heavy atom. The van der Waals surface area contributed by atoms with Crippen LogP contribution in [0.15, 0.2) is 83.6 Å². The Morgan fingerprint density at radius 2 is 1.97 bits per heavy atom. The van der Waals surface area contributed by atoms with Crippen LogP contribution < -0.4 is 16.0 Å². The molecule has 11 heteroatoms. The summed E-state index contributed by atoms with van der Waals surface area (Å²) in [4.78, 5) is 20.8. The molecule has 3 heterocycles. The normalized spacial score (nSPS) is 21.8. The number of azide groups is 1. The lowest BCUT2D eigenvalue weighted by molar-refractivity contribution is 0.0620. The molecule has 37 heavy (non-hydrogen) atoms. The van der Waals surface area contributed by atoms with Crippen molar-refractivity contribution in [3.8, 4) is 0 Å². The third-order valence-corrected chi connectivity index (χ3v) is 6.79. The van der Waals surface area contributed by atoms with Gasteiger partial charge in [0, 0.05) is 44.2 Å². The second kappa shape index (κ2) is 9.95. The minimum atomic E-state index is -0.907. The molecule has 1 aromatic heterocycles. The highest BCUT2D eigenvalue weighted by Gasteiger charge is 2.50. The van der Waals surface area contributed by atoms with Gasteiger partial charge in [-0.1, -0.05) is 58.6 Å². The number of halogens is 2.